The lowest BCUT2D eigenvalue weighted by Crippen LogP contribution is -2.41. The lowest BCUT2D eigenvalue weighted by Gasteiger charge is -2.20. The minimum atomic E-state index is 0.429. The molecule has 1 atom stereocenters. The van der Waals surface area contributed by atoms with Gasteiger partial charge in [0.1, 0.15) is 0 Å². The highest BCUT2D eigenvalue weighted by atomic mass is 32.1. The second-order valence-corrected chi connectivity index (χ2v) is 5.22. The average molecular weight is 289 g/mol. The van der Waals surface area contributed by atoms with Gasteiger partial charge in [-0.1, -0.05) is 13.8 Å². The molecule has 0 bridgehead atoms. The maximum atomic E-state index is 5.25. The third-order valence-electron chi connectivity index (χ3n) is 3.19. The number of methoxy groups -OCH3 is 1. The van der Waals surface area contributed by atoms with Crippen LogP contribution in [0.3, 0.4) is 0 Å². The molecule has 0 aromatic rings. The number of ether oxygens (including phenoxy) is 1. The molecule has 0 fully saturated rings. The van der Waals surface area contributed by atoms with Crippen LogP contribution < -0.4 is 10.6 Å². The predicted octanol–water partition coefficient (Wildman–Crippen LogP) is 2.00. The molecule has 0 radical (unpaired) electrons. The van der Waals surface area contributed by atoms with Crippen LogP contribution in [-0.2, 0) is 4.74 Å². The SMILES string of the molecule is CCN(CC)CCCC(C)NC(=S)NCCCOC. The Kier molecular flexibility index (Phi) is 12.4. The standard InChI is InChI=1S/C14H31N3OS/c1-5-17(6-2)11-7-9-13(3)16-14(19)15-10-8-12-18-4/h13H,5-12H2,1-4H3,(H2,15,16,19). The van der Waals surface area contributed by atoms with Crippen LogP contribution in [0.4, 0.5) is 0 Å². The minimum absolute atomic E-state index is 0.429. The maximum Gasteiger partial charge on any atom is 0.166 e. The van der Waals surface area contributed by atoms with E-state index in [0.29, 0.717) is 6.04 Å². The summed E-state index contributed by atoms with van der Waals surface area (Å²) in [6.45, 7) is 11.7. The van der Waals surface area contributed by atoms with Crippen molar-refractivity contribution in [1.29, 1.82) is 0 Å². The second kappa shape index (κ2) is 12.6. The summed E-state index contributed by atoms with van der Waals surface area (Å²) in [4.78, 5) is 2.45. The van der Waals surface area contributed by atoms with Gasteiger partial charge in [-0.2, -0.15) is 0 Å². The zero-order chi connectivity index (χ0) is 14.5. The number of hydrogen-bond acceptors (Lipinski definition) is 3. The summed E-state index contributed by atoms with van der Waals surface area (Å²) < 4.78 is 4.99. The molecule has 0 rings (SSSR count). The Balaban J connectivity index is 3.56. The molecule has 0 heterocycles. The molecule has 0 saturated carbocycles. The molecule has 2 N–H and O–H groups in total. The lowest BCUT2D eigenvalue weighted by molar-refractivity contribution is 0.195. The molecule has 1 unspecified atom stereocenters. The van der Waals surface area contributed by atoms with Gasteiger partial charge in [-0.05, 0) is 58.0 Å². The summed E-state index contributed by atoms with van der Waals surface area (Å²) in [5.74, 6) is 0. The zero-order valence-electron chi connectivity index (χ0n) is 13.0. The third kappa shape index (κ3) is 11.2. The second-order valence-electron chi connectivity index (χ2n) is 4.82. The normalized spacial score (nSPS) is 12.5. The van der Waals surface area contributed by atoms with Crippen molar-refractivity contribution in [3.05, 3.63) is 0 Å². The quantitative estimate of drug-likeness (QED) is 0.449. The molecule has 5 heteroatoms. The van der Waals surface area contributed by atoms with Gasteiger partial charge in [-0.15, -0.1) is 0 Å². The Morgan fingerprint density at radius 3 is 2.53 bits per heavy atom. The van der Waals surface area contributed by atoms with E-state index in [4.69, 9.17) is 17.0 Å². The number of thiocarbonyl (C=S) groups is 1. The number of rotatable bonds is 11. The van der Waals surface area contributed by atoms with Crippen molar-refractivity contribution < 1.29 is 4.74 Å². The number of nitrogens with one attached hydrogen (secondary N) is 2. The monoisotopic (exact) mass is 289 g/mol. The first-order valence-corrected chi connectivity index (χ1v) is 7.80. The van der Waals surface area contributed by atoms with Crippen molar-refractivity contribution in [3.63, 3.8) is 0 Å². The van der Waals surface area contributed by atoms with E-state index in [0.717, 1.165) is 44.2 Å². The van der Waals surface area contributed by atoms with E-state index in [-0.39, 0.29) is 0 Å². The summed E-state index contributed by atoms with van der Waals surface area (Å²) in [5.41, 5.74) is 0. The van der Waals surface area contributed by atoms with Crippen molar-refractivity contribution in [3.8, 4) is 0 Å². The van der Waals surface area contributed by atoms with E-state index in [1.807, 2.05) is 0 Å². The van der Waals surface area contributed by atoms with Gasteiger partial charge in [-0.25, -0.2) is 0 Å². The Bertz CT molecular complexity index is 223. The molecule has 114 valence electrons. The van der Waals surface area contributed by atoms with E-state index >= 15 is 0 Å². The van der Waals surface area contributed by atoms with Gasteiger partial charge in [-0.3, -0.25) is 0 Å². The molecule has 0 aliphatic rings. The Morgan fingerprint density at radius 2 is 1.95 bits per heavy atom. The molecule has 0 aliphatic heterocycles. The highest BCUT2D eigenvalue weighted by molar-refractivity contribution is 7.80. The highest BCUT2D eigenvalue weighted by Gasteiger charge is 2.05. The van der Waals surface area contributed by atoms with Crippen LogP contribution in [-0.4, -0.2) is 55.9 Å². The molecular formula is C14H31N3OS. The predicted molar refractivity (Wildman–Crippen MR) is 86.7 cm³/mol. The number of nitrogens with zero attached hydrogens (tertiary/aromatic N) is 1. The summed E-state index contributed by atoms with van der Waals surface area (Å²) in [7, 11) is 1.72. The highest BCUT2D eigenvalue weighted by Crippen LogP contribution is 1.99. The summed E-state index contributed by atoms with van der Waals surface area (Å²) in [6.07, 6.45) is 3.34. The summed E-state index contributed by atoms with van der Waals surface area (Å²) in [5, 5.41) is 7.28. The first-order valence-electron chi connectivity index (χ1n) is 7.39. The van der Waals surface area contributed by atoms with Crippen molar-refractivity contribution >= 4 is 17.3 Å². The lowest BCUT2D eigenvalue weighted by atomic mass is 10.2. The maximum absolute atomic E-state index is 5.25. The fraction of sp³-hybridized carbons (Fsp3) is 0.929. The van der Waals surface area contributed by atoms with Gasteiger partial charge in [0.2, 0.25) is 0 Å². The molecule has 0 aromatic carbocycles. The largest absolute Gasteiger partial charge is 0.385 e. The first-order chi connectivity index (χ1) is 9.13. The molecular weight excluding hydrogens is 258 g/mol. The van der Waals surface area contributed by atoms with Crippen molar-refractivity contribution in [2.45, 2.75) is 46.1 Å². The van der Waals surface area contributed by atoms with Gasteiger partial charge in [0.25, 0.3) is 0 Å². The molecule has 0 aromatic heterocycles. The first kappa shape index (κ1) is 18.6. The van der Waals surface area contributed by atoms with Crippen molar-refractivity contribution in [2.24, 2.45) is 0 Å². The smallest absolute Gasteiger partial charge is 0.166 e. The molecule has 0 spiro atoms. The molecule has 0 aliphatic carbocycles. The summed E-state index contributed by atoms with van der Waals surface area (Å²) in [6, 6.07) is 0.429. The topological polar surface area (TPSA) is 36.5 Å². The average Bonchev–Trinajstić information content (AvgIpc) is 2.40. The van der Waals surface area contributed by atoms with Crippen molar-refractivity contribution in [2.75, 3.05) is 39.9 Å². The van der Waals surface area contributed by atoms with Crippen LogP contribution in [0.15, 0.2) is 0 Å². The third-order valence-corrected chi connectivity index (χ3v) is 3.46. The molecule has 0 amide bonds. The molecule has 19 heavy (non-hydrogen) atoms. The van der Waals surface area contributed by atoms with Crippen LogP contribution in [0, 0.1) is 0 Å². The fourth-order valence-electron chi connectivity index (χ4n) is 1.93. The van der Waals surface area contributed by atoms with E-state index < -0.39 is 0 Å². The zero-order valence-corrected chi connectivity index (χ0v) is 13.8. The van der Waals surface area contributed by atoms with E-state index in [9.17, 15) is 0 Å². The Labute approximate surface area is 124 Å². The van der Waals surface area contributed by atoms with Crippen LogP contribution >= 0.6 is 12.2 Å². The van der Waals surface area contributed by atoms with E-state index in [1.54, 1.807) is 7.11 Å². The Morgan fingerprint density at radius 1 is 1.26 bits per heavy atom. The van der Waals surface area contributed by atoms with Gasteiger partial charge >= 0.3 is 0 Å². The van der Waals surface area contributed by atoms with Gasteiger partial charge in [0.05, 0.1) is 0 Å². The van der Waals surface area contributed by atoms with Crippen LogP contribution in [0.1, 0.15) is 40.0 Å². The van der Waals surface area contributed by atoms with Gasteiger partial charge < -0.3 is 20.3 Å². The van der Waals surface area contributed by atoms with Crippen LogP contribution in [0.2, 0.25) is 0 Å². The van der Waals surface area contributed by atoms with Crippen LogP contribution in [0.5, 0.6) is 0 Å². The molecule has 0 saturated heterocycles. The van der Waals surface area contributed by atoms with Gasteiger partial charge in [0, 0.05) is 26.3 Å². The fourth-order valence-corrected chi connectivity index (χ4v) is 2.23. The van der Waals surface area contributed by atoms with E-state index in [1.165, 1.54) is 13.0 Å². The minimum Gasteiger partial charge on any atom is -0.385 e. The van der Waals surface area contributed by atoms with Crippen molar-refractivity contribution in [1.82, 2.24) is 15.5 Å². The summed E-state index contributed by atoms with van der Waals surface area (Å²) >= 11 is 5.25. The Hall–Kier alpha value is -0.390. The number of hydrogen-bond donors (Lipinski definition) is 2. The van der Waals surface area contributed by atoms with E-state index in [2.05, 4.69) is 36.3 Å². The van der Waals surface area contributed by atoms with Gasteiger partial charge in [0.15, 0.2) is 5.11 Å². The van der Waals surface area contributed by atoms with Crippen LogP contribution in [0.25, 0.3) is 0 Å². The molecule has 4 nitrogen and oxygen atoms in total.